The van der Waals surface area contributed by atoms with Gasteiger partial charge in [-0.1, -0.05) is 140 Å². The van der Waals surface area contributed by atoms with Gasteiger partial charge in [0.05, 0.1) is 0 Å². The van der Waals surface area contributed by atoms with E-state index < -0.39 is 0 Å². The van der Waals surface area contributed by atoms with Gasteiger partial charge in [-0.2, -0.15) is 0 Å². The molecule has 0 aliphatic heterocycles. The van der Waals surface area contributed by atoms with Gasteiger partial charge in [0.2, 0.25) is 0 Å². The van der Waals surface area contributed by atoms with Crippen molar-refractivity contribution in [2.75, 3.05) is 0 Å². The molecule has 0 amide bonds. The Hall–Kier alpha value is -6.65. The second kappa shape index (κ2) is 11.0. The zero-order valence-electron chi connectivity index (χ0n) is 26.3. The summed E-state index contributed by atoms with van der Waals surface area (Å²) in [6.45, 7) is 0. The van der Waals surface area contributed by atoms with Crippen LogP contribution in [0.25, 0.3) is 99.5 Å². The predicted octanol–water partition coefficient (Wildman–Crippen LogP) is 11.9. The lowest BCUT2D eigenvalue weighted by molar-refractivity contribution is 0.670. The van der Waals surface area contributed by atoms with Crippen molar-refractivity contribution in [3.8, 4) is 45.3 Å². The van der Waals surface area contributed by atoms with Gasteiger partial charge < -0.3 is 4.42 Å². The second-order valence-electron chi connectivity index (χ2n) is 12.5. The number of fused-ring (bicyclic) bond motifs is 7. The maximum absolute atomic E-state index is 6.71. The first-order valence-electron chi connectivity index (χ1n) is 16.4. The zero-order chi connectivity index (χ0) is 32.3. The Labute approximate surface area is 282 Å². The van der Waals surface area contributed by atoms with Crippen LogP contribution in [0.1, 0.15) is 0 Å². The van der Waals surface area contributed by atoms with E-state index in [0.717, 1.165) is 55.1 Å². The number of hydrogen-bond acceptors (Lipinski definition) is 4. The first-order chi connectivity index (χ1) is 24.2. The van der Waals surface area contributed by atoms with Gasteiger partial charge in [0.15, 0.2) is 17.5 Å². The van der Waals surface area contributed by atoms with Gasteiger partial charge in [-0.25, -0.2) is 15.0 Å². The van der Waals surface area contributed by atoms with Crippen LogP contribution in [0.3, 0.4) is 0 Å². The van der Waals surface area contributed by atoms with Gasteiger partial charge >= 0.3 is 0 Å². The fourth-order valence-corrected chi connectivity index (χ4v) is 7.01. The fraction of sp³-hybridized carbons (Fsp3) is 0. The van der Waals surface area contributed by atoms with Crippen LogP contribution in [0.2, 0.25) is 0 Å². The Balaban J connectivity index is 1.12. The van der Waals surface area contributed by atoms with Crippen LogP contribution in [0, 0.1) is 0 Å². The molecule has 49 heavy (non-hydrogen) atoms. The van der Waals surface area contributed by atoms with Crippen molar-refractivity contribution in [1.29, 1.82) is 0 Å². The summed E-state index contributed by atoms with van der Waals surface area (Å²) in [5, 5.41) is 9.39. The molecule has 0 N–H and O–H groups in total. The van der Waals surface area contributed by atoms with Crippen LogP contribution in [0.15, 0.2) is 168 Å². The minimum atomic E-state index is 0.598. The maximum Gasteiger partial charge on any atom is 0.164 e. The van der Waals surface area contributed by atoms with Gasteiger partial charge in [0.1, 0.15) is 11.2 Å². The van der Waals surface area contributed by atoms with E-state index in [-0.39, 0.29) is 0 Å². The van der Waals surface area contributed by atoms with Crippen molar-refractivity contribution in [3.05, 3.63) is 164 Å². The molecule has 0 saturated carbocycles. The van der Waals surface area contributed by atoms with E-state index in [1.54, 1.807) is 0 Å². The van der Waals surface area contributed by atoms with E-state index in [1.807, 2.05) is 30.3 Å². The average molecular weight is 626 g/mol. The number of hydrogen-bond donors (Lipinski definition) is 0. The lowest BCUT2D eigenvalue weighted by Gasteiger charge is -2.09. The Bertz CT molecular complexity index is 2890. The largest absolute Gasteiger partial charge is 0.455 e. The van der Waals surface area contributed by atoms with E-state index in [1.165, 1.54) is 26.9 Å². The maximum atomic E-state index is 6.71. The molecule has 228 valence electrons. The first kappa shape index (κ1) is 27.5. The Morgan fingerprint density at radius 1 is 0.327 bits per heavy atom. The molecule has 0 aliphatic rings. The SMILES string of the molecule is c1ccc(-c2nc(-c3ccc4ccccc4c3)nc(-c3ccc4c(c3)oc3c(-c5ccc6ccc7ccccc7c6c5)cccc34)n2)cc1. The molecule has 0 unspecified atom stereocenters. The summed E-state index contributed by atoms with van der Waals surface area (Å²) < 4.78 is 6.71. The normalized spacial score (nSPS) is 11.7. The second-order valence-corrected chi connectivity index (χ2v) is 12.5. The molecule has 0 atom stereocenters. The van der Waals surface area contributed by atoms with Gasteiger partial charge in [-0.3, -0.25) is 0 Å². The molecule has 4 heteroatoms. The molecule has 8 aromatic carbocycles. The quantitative estimate of drug-likeness (QED) is 0.183. The molecule has 2 aromatic heterocycles. The van der Waals surface area contributed by atoms with Crippen LogP contribution < -0.4 is 0 Å². The van der Waals surface area contributed by atoms with Gasteiger partial charge in [0, 0.05) is 33.0 Å². The van der Waals surface area contributed by atoms with Crippen LogP contribution in [-0.2, 0) is 0 Å². The van der Waals surface area contributed by atoms with E-state index in [2.05, 4.69) is 133 Å². The highest BCUT2D eigenvalue weighted by atomic mass is 16.3. The van der Waals surface area contributed by atoms with Crippen molar-refractivity contribution in [2.24, 2.45) is 0 Å². The monoisotopic (exact) mass is 625 g/mol. The number of furan rings is 1. The molecule has 10 rings (SSSR count). The van der Waals surface area contributed by atoms with E-state index in [0.29, 0.717) is 17.5 Å². The number of para-hydroxylation sites is 1. The Kier molecular flexibility index (Phi) is 6.15. The third kappa shape index (κ3) is 4.65. The smallest absolute Gasteiger partial charge is 0.164 e. The molecule has 0 radical (unpaired) electrons. The summed E-state index contributed by atoms with van der Waals surface area (Å²) in [5.74, 6) is 1.86. The number of benzene rings is 8. The minimum Gasteiger partial charge on any atom is -0.455 e. The number of nitrogens with zero attached hydrogens (tertiary/aromatic N) is 3. The number of rotatable bonds is 4. The highest BCUT2D eigenvalue weighted by Gasteiger charge is 2.17. The van der Waals surface area contributed by atoms with E-state index >= 15 is 0 Å². The summed E-state index contributed by atoms with van der Waals surface area (Å²) in [6, 6.07) is 57.0. The Morgan fingerprint density at radius 3 is 1.76 bits per heavy atom. The van der Waals surface area contributed by atoms with Crippen molar-refractivity contribution >= 4 is 54.3 Å². The molecular weight excluding hydrogens is 599 g/mol. The van der Waals surface area contributed by atoms with E-state index in [9.17, 15) is 0 Å². The summed E-state index contributed by atoms with van der Waals surface area (Å²) in [7, 11) is 0. The van der Waals surface area contributed by atoms with Crippen LogP contribution in [0.4, 0.5) is 0 Å². The molecular formula is C45H27N3O. The molecule has 4 nitrogen and oxygen atoms in total. The topological polar surface area (TPSA) is 51.8 Å². The lowest BCUT2D eigenvalue weighted by Crippen LogP contribution is -2.00. The molecule has 0 saturated heterocycles. The third-order valence-electron chi connectivity index (χ3n) is 9.49. The lowest BCUT2D eigenvalue weighted by atomic mass is 9.96. The first-order valence-corrected chi connectivity index (χ1v) is 16.4. The fourth-order valence-electron chi connectivity index (χ4n) is 7.01. The molecule has 0 spiro atoms. The zero-order valence-corrected chi connectivity index (χ0v) is 26.3. The standard InChI is InChI=1S/C45H27N3O/c1-2-11-31(12-3-1)43-46-44(34-22-17-28-9-4-5-13-32(28)25-34)48-45(47-43)35-23-24-38-39-16-8-15-37(42(39)49-41(38)27-35)33-21-20-30-19-18-29-10-6-7-14-36(29)40(30)26-33/h1-27H. The molecule has 2 heterocycles. The van der Waals surface area contributed by atoms with Crippen molar-refractivity contribution in [3.63, 3.8) is 0 Å². The van der Waals surface area contributed by atoms with Gasteiger partial charge in [-0.05, 0) is 62.1 Å². The minimum absolute atomic E-state index is 0.598. The summed E-state index contributed by atoms with van der Waals surface area (Å²) >= 11 is 0. The van der Waals surface area contributed by atoms with Crippen molar-refractivity contribution in [2.45, 2.75) is 0 Å². The summed E-state index contributed by atoms with van der Waals surface area (Å²) in [5.41, 5.74) is 6.59. The highest BCUT2D eigenvalue weighted by Crippen LogP contribution is 2.39. The predicted molar refractivity (Wildman–Crippen MR) is 201 cm³/mol. The van der Waals surface area contributed by atoms with Crippen molar-refractivity contribution < 1.29 is 4.42 Å². The highest BCUT2D eigenvalue weighted by molar-refractivity contribution is 6.12. The van der Waals surface area contributed by atoms with Crippen LogP contribution >= 0.6 is 0 Å². The number of aromatic nitrogens is 3. The summed E-state index contributed by atoms with van der Waals surface area (Å²) in [4.78, 5) is 14.9. The molecule has 0 fully saturated rings. The molecule has 10 aromatic rings. The average Bonchev–Trinajstić information content (AvgIpc) is 3.56. The van der Waals surface area contributed by atoms with Crippen molar-refractivity contribution in [1.82, 2.24) is 15.0 Å². The molecule has 0 bridgehead atoms. The van der Waals surface area contributed by atoms with Crippen LogP contribution in [-0.4, -0.2) is 15.0 Å². The molecule has 0 aliphatic carbocycles. The van der Waals surface area contributed by atoms with Gasteiger partial charge in [0.25, 0.3) is 0 Å². The summed E-state index contributed by atoms with van der Waals surface area (Å²) in [6.07, 6.45) is 0. The van der Waals surface area contributed by atoms with Crippen LogP contribution in [0.5, 0.6) is 0 Å². The van der Waals surface area contributed by atoms with E-state index in [4.69, 9.17) is 19.4 Å². The Morgan fingerprint density at radius 2 is 0.918 bits per heavy atom. The third-order valence-corrected chi connectivity index (χ3v) is 9.49. The van der Waals surface area contributed by atoms with Gasteiger partial charge in [-0.15, -0.1) is 0 Å².